The standard InChI is InChI=1S/C11H23N3O7/c12-21-14-3-1-2-13-9(16)6-19-5-7-4-8(15)10(17)11(18)20-7/h7-8,10-11,14-15,17-18H,1-6,12H2,(H,13,16). The van der Waals surface area contributed by atoms with Crippen molar-refractivity contribution in [2.24, 2.45) is 5.90 Å². The van der Waals surface area contributed by atoms with E-state index in [0.717, 1.165) is 0 Å². The van der Waals surface area contributed by atoms with Crippen LogP contribution in [0, 0.1) is 0 Å². The number of aliphatic hydroxyl groups excluding tert-OH is 3. The highest BCUT2D eigenvalue weighted by Crippen LogP contribution is 2.18. The molecule has 1 fully saturated rings. The Balaban J connectivity index is 2.06. The lowest BCUT2D eigenvalue weighted by molar-refractivity contribution is -0.254. The molecule has 124 valence electrons. The Morgan fingerprint density at radius 3 is 2.76 bits per heavy atom. The Bertz CT molecular complexity index is 296. The minimum absolute atomic E-state index is 0.0385. The molecule has 0 aromatic rings. The molecule has 1 rings (SSSR count). The van der Waals surface area contributed by atoms with E-state index in [0.29, 0.717) is 19.5 Å². The van der Waals surface area contributed by atoms with Crippen LogP contribution in [0.15, 0.2) is 0 Å². The number of aliphatic hydroxyl groups is 3. The van der Waals surface area contributed by atoms with Gasteiger partial charge < -0.3 is 30.1 Å². The third-order valence-corrected chi connectivity index (χ3v) is 2.92. The molecule has 0 aromatic carbocycles. The third kappa shape index (κ3) is 7.11. The van der Waals surface area contributed by atoms with Crippen molar-refractivity contribution in [3.63, 3.8) is 0 Å². The molecule has 10 nitrogen and oxygen atoms in total. The highest BCUT2D eigenvalue weighted by molar-refractivity contribution is 5.77. The van der Waals surface area contributed by atoms with Gasteiger partial charge in [0.1, 0.15) is 12.7 Å². The molecule has 0 saturated carbocycles. The molecule has 21 heavy (non-hydrogen) atoms. The quantitative estimate of drug-likeness (QED) is 0.190. The van der Waals surface area contributed by atoms with Gasteiger partial charge in [0.2, 0.25) is 5.91 Å². The normalized spacial score (nSPS) is 29.3. The van der Waals surface area contributed by atoms with E-state index in [-0.39, 0.29) is 25.5 Å². The van der Waals surface area contributed by atoms with E-state index < -0.39 is 24.6 Å². The van der Waals surface area contributed by atoms with Crippen LogP contribution < -0.4 is 16.7 Å². The summed E-state index contributed by atoms with van der Waals surface area (Å²) in [6.07, 6.45) is -3.65. The van der Waals surface area contributed by atoms with Gasteiger partial charge in [0.05, 0.1) is 18.8 Å². The van der Waals surface area contributed by atoms with Gasteiger partial charge in [0.15, 0.2) is 6.29 Å². The van der Waals surface area contributed by atoms with Crippen LogP contribution in [0.25, 0.3) is 0 Å². The Kier molecular flexibility index (Phi) is 8.64. The van der Waals surface area contributed by atoms with Crippen LogP contribution in [0.4, 0.5) is 0 Å². The lowest BCUT2D eigenvalue weighted by atomic mass is 10.0. The molecule has 1 aliphatic heterocycles. The summed E-state index contributed by atoms with van der Waals surface area (Å²) in [6.45, 7) is 0.833. The van der Waals surface area contributed by atoms with Crippen LogP contribution >= 0.6 is 0 Å². The van der Waals surface area contributed by atoms with Crippen molar-refractivity contribution in [1.82, 2.24) is 10.8 Å². The van der Waals surface area contributed by atoms with Crippen molar-refractivity contribution in [2.75, 3.05) is 26.3 Å². The summed E-state index contributed by atoms with van der Waals surface area (Å²) < 4.78 is 10.2. The Morgan fingerprint density at radius 2 is 2.10 bits per heavy atom. The smallest absolute Gasteiger partial charge is 0.246 e. The lowest BCUT2D eigenvalue weighted by Gasteiger charge is -2.34. The number of carbonyl (C=O) groups is 1. The first kappa shape index (κ1) is 18.2. The molecule has 0 radical (unpaired) electrons. The van der Waals surface area contributed by atoms with E-state index in [1.165, 1.54) is 0 Å². The molecule has 0 aliphatic carbocycles. The van der Waals surface area contributed by atoms with Gasteiger partial charge in [-0.15, -0.1) is 0 Å². The fraction of sp³-hybridized carbons (Fsp3) is 0.909. The number of amides is 1. The summed E-state index contributed by atoms with van der Waals surface area (Å²) in [4.78, 5) is 15.6. The summed E-state index contributed by atoms with van der Waals surface area (Å²) in [6, 6.07) is 0. The molecule has 0 aromatic heterocycles. The molecular formula is C11H23N3O7. The monoisotopic (exact) mass is 309 g/mol. The maximum absolute atomic E-state index is 11.4. The van der Waals surface area contributed by atoms with Gasteiger partial charge in [0, 0.05) is 19.5 Å². The predicted molar refractivity (Wildman–Crippen MR) is 69.2 cm³/mol. The van der Waals surface area contributed by atoms with Crippen LogP contribution in [0.5, 0.6) is 0 Å². The van der Waals surface area contributed by atoms with E-state index in [1.54, 1.807) is 0 Å². The summed E-state index contributed by atoms with van der Waals surface area (Å²) >= 11 is 0. The SMILES string of the molecule is NONCCCNC(=O)COCC1CC(O)C(O)C(O)O1. The fourth-order valence-electron chi connectivity index (χ4n) is 1.82. The van der Waals surface area contributed by atoms with Crippen molar-refractivity contribution in [3.8, 4) is 0 Å². The second-order valence-corrected chi connectivity index (χ2v) is 4.67. The van der Waals surface area contributed by atoms with E-state index >= 15 is 0 Å². The van der Waals surface area contributed by atoms with E-state index in [9.17, 15) is 20.1 Å². The van der Waals surface area contributed by atoms with Gasteiger partial charge in [0.25, 0.3) is 0 Å². The van der Waals surface area contributed by atoms with Gasteiger partial charge in [-0.3, -0.25) is 4.79 Å². The third-order valence-electron chi connectivity index (χ3n) is 2.92. The molecule has 4 atom stereocenters. The highest BCUT2D eigenvalue weighted by Gasteiger charge is 2.35. The zero-order chi connectivity index (χ0) is 15.7. The number of ether oxygens (including phenoxy) is 2. The summed E-state index contributed by atoms with van der Waals surface area (Å²) in [7, 11) is 0. The largest absolute Gasteiger partial charge is 0.390 e. The van der Waals surface area contributed by atoms with Crippen molar-refractivity contribution in [2.45, 2.75) is 37.4 Å². The molecule has 1 saturated heterocycles. The molecule has 4 unspecified atom stereocenters. The molecule has 10 heteroatoms. The molecule has 0 spiro atoms. The van der Waals surface area contributed by atoms with Crippen LogP contribution in [0.3, 0.4) is 0 Å². The molecular weight excluding hydrogens is 286 g/mol. The van der Waals surface area contributed by atoms with Crippen molar-refractivity contribution in [3.05, 3.63) is 0 Å². The van der Waals surface area contributed by atoms with Crippen molar-refractivity contribution >= 4 is 5.91 Å². The molecule has 1 heterocycles. The Morgan fingerprint density at radius 1 is 1.33 bits per heavy atom. The zero-order valence-electron chi connectivity index (χ0n) is 11.6. The summed E-state index contributed by atoms with van der Waals surface area (Å²) in [5, 5.41) is 30.7. The van der Waals surface area contributed by atoms with Crippen LogP contribution in [-0.4, -0.2) is 72.1 Å². The maximum Gasteiger partial charge on any atom is 0.246 e. The minimum Gasteiger partial charge on any atom is -0.390 e. The first-order valence-electron chi connectivity index (χ1n) is 6.67. The summed E-state index contributed by atoms with van der Waals surface area (Å²) in [5.74, 6) is 4.46. The fourth-order valence-corrected chi connectivity index (χ4v) is 1.82. The maximum atomic E-state index is 11.4. The summed E-state index contributed by atoms with van der Waals surface area (Å²) in [5.41, 5.74) is 2.43. The van der Waals surface area contributed by atoms with Crippen LogP contribution in [0.2, 0.25) is 0 Å². The minimum atomic E-state index is -1.45. The average Bonchev–Trinajstić information content (AvgIpc) is 2.44. The number of nitrogens with two attached hydrogens (primary N) is 1. The lowest BCUT2D eigenvalue weighted by Crippen LogP contribution is -2.49. The first-order chi connectivity index (χ1) is 10.0. The molecule has 1 amide bonds. The van der Waals surface area contributed by atoms with Gasteiger partial charge in [-0.05, 0) is 6.42 Å². The first-order valence-corrected chi connectivity index (χ1v) is 6.67. The van der Waals surface area contributed by atoms with Gasteiger partial charge >= 0.3 is 0 Å². The van der Waals surface area contributed by atoms with E-state index in [2.05, 4.69) is 15.7 Å². The molecule has 0 bridgehead atoms. The zero-order valence-corrected chi connectivity index (χ0v) is 11.6. The van der Waals surface area contributed by atoms with Crippen molar-refractivity contribution < 1.29 is 34.5 Å². The predicted octanol–water partition coefficient (Wildman–Crippen LogP) is -3.27. The van der Waals surface area contributed by atoms with Gasteiger partial charge in [-0.25, -0.2) is 4.94 Å². The van der Waals surface area contributed by atoms with Gasteiger partial charge in [-0.1, -0.05) is 0 Å². The van der Waals surface area contributed by atoms with Crippen molar-refractivity contribution in [1.29, 1.82) is 0 Å². The topological polar surface area (TPSA) is 156 Å². The molecule has 7 N–H and O–H groups in total. The number of hydrogen-bond acceptors (Lipinski definition) is 9. The number of nitrogens with one attached hydrogen (secondary N) is 2. The molecule has 1 aliphatic rings. The average molecular weight is 309 g/mol. The number of carbonyl (C=O) groups excluding carboxylic acids is 1. The van der Waals surface area contributed by atoms with Gasteiger partial charge in [-0.2, -0.15) is 11.4 Å². The Hall–Kier alpha value is -0.850. The van der Waals surface area contributed by atoms with E-state index in [4.69, 9.17) is 15.4 Å². The van der Waals surface area contributed by atoms with E-state index in [1.807, 2.05) is 0 Å². The van der Waals surface area contributed by atoms with Crippen LogP contribution in [-0.2, 0) is 19.2 Å². The number of hydrogen-bond donors (Lipinski definition) is 6. The second kappa shape index (κ2) is 9.97. The number of hydroxylamine groups is 1. The Labute approximate surface area is 122 Å². The number of rotatable bonds is 9. The second-order valence-electron chi connectivity index (χ2n) is 4.67. The van der Waals surface area contributed by atoms with Crippen LogP contribution in [0.1, 0.15) is 12.8 Å². The highest BCUT2D eigenvalue weighted by atomic mass is 16.8.